The zero-order valence-corrected chi connectivity index (χ0v) is 9.71. The van der Waals surface area contributed by atoms with Crippen molar-refractivity contribution >= 4 is 0 Å². The van der Waals surface area contributed by atoms with Crippen LogP contribution < -0.4 is 10.1 Å². The Bertz CT molecular complexity index is 421. The van der Waals surface area contributed by atoms with E-state index in [0.29, 0.717) is 25.6 Å². The molecule has 1 aliphatic carbocycles. The van der Waals surface area contributed by atoms with Crippen molar-refractivity contribution in [2.24, 2.45) is 0 Å². The van der Waals surface area contributed by atoms with Crippen molar-refractivity contribution in [3.8, 4) is 18.1 Å². The molecule has 2 nitrogen and oxygen atoms in total. The van der Waals surface area contributed by atoms with Gasteiger partial charge in [-0.25, -0.2) is 4.39 Å². The van der Waals surface area contributed by atoms with Crippen LogP contribution >= 0.6 is 0 Å². The van der Waals surface area contributed by atoms with Crippen molar-refractivity contribution < 1.29 is 9.13 Å². The van der Waals surface area contributed by atoms with Crippen LogP contribution in [0.25, 0.3) is 0 Å². The summed E-state index contributed by atoms with van der Waals surface area (Å²) in [5, 5.41) is 3.34. The van der Waals surface area contributed by atoms with Crippen LogP contribution in [-0.4, -0.2) is 12.6 Å². The van der Waals surface area contributed by atoms with Crippen LogP contribution in [0.5, 0.6) is 5.75 Å². The summed E-state index contributed by atoms with van der Waals surface area (Å²) in [6.07, 6.45) is 8.14. The molecule has 1 fully saturated rings. The molecule has 90 valence electrons. The Morgan fingerprint density at radius 2 is 2.29 bits per heavy atom. The topological polar surface area (TPSA) is 21.3 Å². The predicted molar refractivity (Wildman–Crippen MR) is 65.2 cm³/mol. The average molecular weight is 233 g/mol. The van der Waals surface area contributed by atoms with Gasteiger partial charge in [0, 0.05) is 24.6 Å². The van der Waals surface area contributed by atoms with Crippen LogP contribution in [0.15, 0.2) is 18.2 Å². The molecular formula is C14H16FNO. The normalized spacial score (nSPS) is 14.4. The maximum Gasteiger partial charge on any atom is 0.124 e. The van der Waals surface area contributed by atoms with Crippen molar-refractivity contribution in [1.29, 1.82) is 0 Å². The Balaban J connectivity index is 1.98. The fourth-order valence-corrected chi connectivity index (χ4v) is 1.59. The molecule has 0 spiro atoms. The summed E-state index contributed by atoms with van der Waals surface area (Å²) >= 11 is 0. The maximum absolute atomic E-state index is 13.2. The summed E-state index contributed by atoms with van der Waals surface area (Å²) in [5.41, 5.74) is 0.855. The lowest BCUT2D eigenvalue weighted by Crippen LogP contribution is -2.16. The van der Waals surface area contributed by atoms with Crippen LogP contribution in [0.2, 0.25) is 0 Å². The molecular weight excluding hydrogens is 217 g/mol. The van der Waals surface area contributed by atoms with E-state index in [1.807, 2.05) is 0 Å². The van der Waals surface area contributed by atoms with E-state index in [4.69, 9.17) is 11.2 Å². The Kier molecular flexibility index (Phi) is 4.00. The fraction of sp³-hybridized carbons (Fsp3) is 0.429. The van der Waals surface area contributed by atoms with Crippen LogP contribution in [0.3, 0.4) is 0 Å². The van der Waals surface area contributed by atoms with Gasteiger partial charge in [0.25, 0.3) is 0 Å². The standard InChI is InChI=1S/C14H16FNO/c1-2-3-8-17-14-7-4-12(15)9-11(14)10-16-13-5-6-13/h1,4,7,9,13,16H,3,5-6,8,10H2. The van der Waals surface area contributed by atoms with Gasteiger partial charge in [-0.05, 0) is 31.0 Å². The lowest BCUT2D eigenvalue weighted by Gasteiger charge is -2.11. The number of rotatable bonds is 6. The molecule has 0 bridgehead atoms. The number of hydrogen-bond donors (Lipinski definition) is 1. The minimum atomic E-state index is -0.234. The number of nitrogens with one attached hydrogen (secondary N) is 1. The molecule has 0 radical (unpaired) electrons. The third kappa shape index (κ3) is 3.76. The van der Waals surface area contributed by atoms with Crippen molar-refractivity contribution in [2.45, 2.75) is 31.8 Å². The van der Waals surface area contributed by atoms with Gasteiger partial charge in [-0.1, -0.05) is 0 Å². The van der Waals surface area contributed by atoms with Crippen molar-refractivity contribution in [2.75, 3.05) is 6.61 Å². The highest BCUT2D eigenvalue weighted by Crippen LogP contribution is 2.23. The first-order chi connectivity index (χ1) is 8.29. The molecule has 1 N–H and O–H groups in total. The van der Waals surface area contributed by atoms with E-state index in [0.717, 1.165) is 11.3 Å². The second-order valence-corrected chi connectivity index (χ2v) is 4.21. The molecule has 1 aliphatic rings. The average Bonchev–Trinajstić information content (AvgIpc) is 3.13. The summed E-state index contributed by atoms with van der Waals surface area (Å²) in [6.45, 7) is 1.12. The van der Waals surface area contributed by atoms with E-state index in [2.05, 4.69) is 11.2 Å². The SMILES string of the molecule is C#CCCOc1ccc(F)cc1CNC1CC1. The van der Waals surface area contributed by atoms with Gasteiger partial charge < -0.3 is 10.1 Å². The molecule has 0 unspecified atom stereocenters. The number of terminal acetylenes is 1. The molecule has 1 aromatic rings. The zero-order chi connectivity index (χ0) is 12.1. The Hall–Kier alpha value is -1.53. The van der Waals surface area contributed by atoms with Gasteiger partial charge in [0.15, 0.2) is 0 Å². The highest BCUT2D eigenvalue weighted by Gasteiger charge is 2.20. The van der Waals surface area contributed by atoms with Gasteiger partial charge in [-0.15, -0.1) is 12.3 Å². The molecule has 0 heterocycles. The third-order valence-corrected chi connectivity index (χ3v) is 2.69. The molecule has 0 aromatic heterocycles. The third-order valence-electron chi connectivity index (χ3n) is 2.69. The lowest BCUT2D eigenvalue weighted by atomic mass is 10.2. The van der Waals surface area contributed by atoms with Crippen LogP contribution in [0.4, 0.5) is 4.39 Å². The number of benzene rings is 1. The fourth-order valence-electron chi connectivity index (χ4n) is 1.59. The second kappa shape index (κ2) is 5.70. The van der Waals surface area contributed by atoms with Gasteiger partial charge >= 0.3 is 0 Å². The van der Waals surface area contributed by atoms with Gasteiger partial charge in [0.05, 0.1) is 6.61 Å². The van der Waals surface area contributed by atoms with Gasteiger partial charge in [0.1, 0.15) is 11.6 Å². The van der Waals surface area contributed by atoms with Gasteiger partial charge in [0.2, 0.25) is 0 Å². The maximum atomic E-state index is 13.2. The first-order valence-corrected chi connectivity index (χ1v) is 5.87. The first-order valence-electron chi connectivity index (χ1n) is 5.87. The van der Waals surface area contributed by atoms with Crippen LogP contribution in [0.1, 0.15) is 24.8 Å². The lowest BCUT2D eigenvalue weighted by molar-refractivity contribution is 0.322. The molecule has 1 aromatic carbocycles. The minimum absolute atomic E-state index is 0.234. The van der Waals surface area contributed by atoms with E-state index in [1.54, 1.807) is 6.07 Å². The zero-order valence-electron chi connectivity index (χ0n) is 9.71. The second-order valence-electron chi connectivity index (χ2n) is 4.21. The molecule has 3 heteroatoms. The largest absolute Gasteiger partial charge is 0.492 e. The number of halogens is 1. The quantitative estimate of drug-likeness (QED) is 0.602. The highest BCUT2D eigenvalue weighted by atomic mass is 19.1. The van der Waals surface area contributed by atoms with Gasteiger partial charge in [-0.3, -0.25) is 0 Å². The van der Waals surface area contributed by atoms with Crippen molar-refractivity contribution in [1.82, 2.24) is 5.32 Å². The number of ether oxygens (including phenoxy) is 1. The molecule has 0 atom stereocenters. The highest BCUT2D eigenvalue weighted by molar-refractivity contribution is 5.34. The van der Waals surface area contributed by atoms with Crippen molar-refractivity contribution in [3.63, 3.8) is 0 Å². The van der Waals surface area contributed by atoms with Crippen molar-refractivity contribution in [3.05, 3.63) is 29.6 Å². The van der Waals surface area contributed by atoms with Crippen LogP contribution in [-0.2, 0) is 6.54 Å². The van der Waals surface area contributed by atoms with Crippen LogP contribution in [0, 0.1) is 18.2 Å². The first kappa shape index (κ1) is 11.9. The van der Waals surface area contributed by atoms with E-state index in [9.17, 15) is 4.39 Å². The monoisotopic (exact) mass is 233 g/mol. The van der Waals surface area contributed by atoms with E-state index < -0.39 is 0 Å². The predicted octanol–water partition coefficient (Wildman–Crippen LogP) is 2.48. The summed E-state index contributed by atoms with van der Waals surface area (Å²) in [4.78, 5) is 0. The molecule has 0 amide bonds. The summed E-state index contributed by atoms with van der Waals surface area (Å²) in [5.74, 6) is 3.00. The smallest absolute Gasteiger partial charge is 0.124 e. The molecule has 1 saturated carbocycles. The van der Waals surface area contributed by atoms with E-state index >= 15 is 0 Å². The molecule has 0 aliphatic heterocycles. The molecule has 2 rings (SSSR count). The Morgan fingerprint density at radius 3 is 3.00 bits per heavy atom. The molecule has 0 saturated heterocycles. The molecule has 17 heavy (non-hydrogen) atoms. The number of hydrogen-bond acceptors (Lipinski definition) is 2. The van der Waals surface area contributed by atoms with Gasteiger partial charge in [-0.2, -0.15) is 0 Å². The van der Waals surface area contributed by atoms with E-state index in [1.165, 1.54) is 25.0 Å². The minimum Gasteiger partial charge on any atom is -0.492 e. The summed E-state index contributed by atoms with van der Waals surface area (Å²) < 4.78 is 18.7. The Labute approximate surface area is 101 Å². The Morgan fingerprint density at radius 1 is 1.47 bits per heavy atom. The summed E-state index contributed by atoms with van der Waals surface area (Å²) in [7, 11) is 0. The summed E-state index contributed by atoms with van der Waals surface area (Å²) in [6, 6.07) is 5.18. The van der Waals surface area contributed by atoms with E-state index in [-0.39, 0.29) is 5.82 Å².